The number of rotatable bonds is 4. The highest BCUT2D eigenvalue weighted by atomic mass is 16.5. The lowest BCUT2D eigenvalue weighted by Gasteiger charge is -2.29. The zero-order valence-electron chi connectivity index (χ0n) is 13.6. The Kier molecular flexibility index (Phi) is 4.62. The lowest BCUT2D eigenvalue weighted by molar-refractivity contribution is 0.0942. The van der Waals surface area contributed by atoms with Gasteiger partial charge in [0.25, 0.3) is 5.91 Å². The summed E-state index contributed by atoms with van der Waals surface area (Å²) in [5.74, 6) is 0.858. The largest absolute Gasteiger partial charge is 0.378 e. The summed E-state index contributed by atoms with van der Waals surface area (Å²) in [6.07, 6.45) is 1.79. The minimum atomic E-state index is -0.0719. The van der Waals surface area contributed by atoms with Gasteiger partial charge in [-0.3, -0.25) is 4.79 Å². The number of nitrogens with one attached hydrogen (secondary N) is 1. The third-order valence-electron chi connectivity index (χ3n) is 4.22. The minimum absolute atomic E-state index is 0.0719. The molecule has 1 amide bonds. The van der Waals surface area contributed by atoms with Crippen molar-refractivity contribution in [3.05, 3.63) is 47.4 Å². The van der Waals surface area contributed by atoms with Gasteiger partial charge in [0, 0.05) is 44.1 Å². The van der Waals surface area contributed by atoms with E-state index < -0.39 is 0 Å². The maximum atomic E-state index is 12.4. The van der Waals surface area contributed by atoms with Crippen molar-refractivity contribution in [2.75, 3.05) is 31.2 Å². The van der Waals surface area contributed by atoms with Crippen LogP contribution in [0.4, 0.5) is 5.82 Å². The number of hydrogen-bond acceptors (Lipinski definition) is 4. The molecule has 1 aliphatic heterocycles. The Morgan fingerprint density at radius 2 is 2.09 bits per heavy atom. The van der Waals surface area contributed by atoms with Crippen LogP contribution in [0.5, 0.6) is 0 Å². The van der Waals surface area contributed by atoms with Crippen LogP contribution >= 0.6 is 0 Å². The summed E-state index contributed by atoms with van der Waals surface area (Å²) in [7, 11) is 1.90. The Hall–Kier alpha value is -2.34. The van der Waals surface area contributed by atoms with Gasteiger partial charge in [-0.25, -0.2) is 4.98 Å². The van der Waals surface area contributed by atoms with Crippen molar-refractivity contribution in [3.8, 4) is 0 Å². The standard InChI is InChI=1S/C17H22N4O2/c1-13-5-6-15(20(13)2)17(22)19-12-14-4-3-7-18-16(14)21-8-10-23-11-9-21/h3-7H,8-12H2,1-2H3,(H,19,22). The van der Waals surface area contributed by atoms with E-state index >= 15 is 0 Å². The van der Waals surface area contributed by atoms with E-state index in [1.807, 2.05) is 42.8 Å². The summed E-state index contributed by atoms with van der Waals surface area (Å²) in [5, 5.41) is 2.99. The van der Waals surface area contributed by atoms with Crippen LogP contribution < -0.4 is 10.2 Å². The first-order chi connectivity index (χ1) is 11.2. The predicted octanol–water partition coefficient (Wildman–Crippen LogP) is 1.50. The van der Waals surface area contributed by atoms with Crippen molar-refractivity contribution in [1.29, 1.82) is 0 Å². The van der Waals surface area contributed by atoms with Crippen LogP contribution in [0, 0.1) is 6.92 Å². The number of anilines is 1. The van der Waals surface area contributed by atoms with E-state index in [0.717, 1.165) is 30.2 Å². The van der Waals surface area contributed by atoms with Gasteiger partial charge in [-0.1, -0.05) is 6.07 Å². The van der Waals surface area contributed by atoms with E-state index in [1.54, 1.807) is 6.20 Å². The van der Waals surface area contributed by atoms with Crippen LogP contribution in [-0.4, -0.2) is 41.8 Å². The van der Waals surface area contributed by atoms with Crippen LogP contribution in [-0.2, 0) is 18.3 Å². The Balaban J connectivity index is 1.70. The second kappa shape index (κ2) is 6.83. The first-order valence-corrected chi connectivity index (χ1v) is 7.84. The van der Waals surface area contributed by atoms with Crippen molar-refractivity contribution in [1.82, 2.24) is 14.9 Å². The van der Waals surface area contributed by atoms with Crippen LogP contribution in [0.15, 0.2) is 30.5 Å². The summed E-state index contributed by atoms with van der Waals surface area (Å²) >= 11 is 0. The molecule has 1 fully saturated rings. The molecule has 0 radical (unpaired) electrons. The second-order valence-corrected chi connectivity index (χ2v) is 5.69. The zero-order valence-corrected chi connectivity index (χ0v) is 13.6. The SMILES string of the molecule is Cc1ccc(C(=O)NCc2cccnc2N2CCOCC2)n1C. The Morgan fingerprint density at radius 3 is 2.78 bits per heavy atom. The van der Waals surface area contributed by atoms with E-state index in [0.29, 0.717) is 25.5 Å². The molecule has 0 saturated carbocycles. The highest BCUT2D eigenvalue weighted by Gasteiger charge is 2.17. The lowest BCUT2D eigenvalue weighted by Crippen LogP contribution is -2.38. The summed E-state index contributed by atoms with van der Waals surface area (Å²) < 4.78 is 7.28. The van der Waals surface area contributed by atoms with Gasteiger partial charge in [-0.05, 0) is 25.1 Å². The first kappa shape index (κ1) is 15.6. The first-order valence-electron chi connectivity index (χ1n) is 7.84. The predicted molar refractivity (Wildman–Crippen MR) is 88.6 cm³/mol. The smallest absolute Gasteiger partial charge is 0.268 e. The summed E-state index contributed by atoms with van der Waals surface area (Å²) in [4.78, 5) is 19.0. The van der Waals surface area contributed by atoms with Crippen LogP contribution in [0.2, 0.25) is 0 Å². The number of carbonyl (C=O) groups is 1. The van der Waals surface area contributed by atoms with Gasteiger partial charge in [0.15, 0.2) is 0 Å². The molecule has 3 rings (SSSR count). The third kappa shape index (κ3) is 3.37. The van der Waals surface area contributed by atoms with Gasteiger partial charge in [0.05, 0.1) is 13.2 Å². The van der Waals surface area contributed by atoms with Crippen LogP contribution in [0.1, 0.15) is 21.7 Å². The molecule has 122 valence electrons. The van der Waals surface area contributed by atoms with Gasteiger partial charge in [-0.2, -0.15) is 0 Å². The number of amides is 1. The highest BCUT2D eigenvalue weighted by molar-refractivity contribution is 5.92. The van der Waals surface area contributed by atoms with Gasteiger partial charge < -0.3 is 19.5 Å². The van der Waals surface area contributed by atoms with Crippen molar-refractivity contribution >= 4 is 11.7 Å². The number of carbonyl (C=O) groups excluding carboxylic acids is 1. The summed E-state index contributed by atoms with van der Waals surface area (Å²) in [5.41, 5.74) is 2.75. The Bertz CT molecular complexity index is 690. The van der Waals surface area contributed by atoms with Gasteiger partial charge in [0.1, 0.15) is 11.5 Å². The molecular formula is C17H22N4O2. The van der Waals surface area contributed by atoms with Gasteiger partial charge in [-0.15, -0.1) is 0 Å². The molecule has 6 heteroatoms. The normalized spacial score (nSPS) is 14.8. The maximum Gasteiger partial charge on any atom is 0.268 e. The molecule has 2 aromatic heterocycles. The third-order valence-corrected chi connectivity index (χ3v) is 4.22. The molecule has 1 N–H and O–H groups in total. The fourth-order valence-electron chi connectivity index (χ4n) is 2.74. The molecule has 0 atom stereocenters. The highest BCUT2D eigenvalue weighted by Crippen LogP contribution is 2.18. The molecule has 0 aliphatic carbocycles. The summed E-state index contributed by atoms with van der Waals surface area (Å²) in [6, 6.07) is 7.70. The molecular weight excluding hydrogens is 292 g/mol. The van der Waals surface area contributed by atoms with E-state index in [1.165, 1.54) is 0 Å². The quantitative estimate of drug-likeness (QED) is 0.929. The molecule has 1 aliphatic rings. The van der Waals surface area contributed by atoms with E-state index in [4.69, 9.17) is 4.74 Å². The van der Waals surface area contributed by atoms with Crippen molar-refractivity contribution < 1.29 is 9.53 Å². The van der Waals surface area contributed by atoms with Gasteiger partial charge in [0.2, 0.25) is 0 Å². The Morgan fingerprint density at radius 1 is 1.30 bits per heavy atom. The molecule has 3 heterocycles. The number of ether oxygens (including phenoxy) is 1. The number of hydrogen-bond donors (Lipinski definition) is 1. The average molecular weight is 314 g/mol. The Labute approximate surface area is 136 Å². The van der Waals surface area contributed by atoms with E-state index in [2.05, 4.69) is 15.2 Å². The van der Waals surface area contributed by atoms with E-state index in [9.17, 15) is 4.79 Å². The molecule has 2 aromatic rings. The fraction of sp³-hybridized carbons (Fsp3) is 0.412. The zero-order chi connectivity index (χ0) is 16.2. The fourth-order valence-corrected chi connectivity index (χ4v) is 2.74. The number of aryl methyl sites for hydroxylation is 1. The van der Waals surface area contributed by atoms with Gasteiger partial charge >= 0.3 is 0 Å². The monoisotopic (exact) mass is 314 g/mol. The number of nitrogens with zero attached hydrogens (tertiary/aromatic N) is 3. The maximum absolute atomic E-state index is 12.4. The molecule has 0 spiro atoms. The van der Waals surface area contributed by atoms with Crippen molar-refractivity contribution in [2.45, 2.75) is 13.5 Å². The number of morpholine rings is 1. The molecule has 6 nitrogen and oxygen atoms in total. The van der Waals surface area contributed by atoms with E-state index in [-0.39, 0.29) is 5.91 Å². The molecule has 0 bridgehead atoms. The summed E-state index contributed by atoms with van der Waals surface area (Å²) in [6.45, 7) is 5.53. The molecule has 1 saturated heterocycles. The van der Waals surface area contributed by atoms with Crippen LogP contribution in [0.3, 0.4) is 0 Å². The minimum Gasteiger partial charge on any atom is -0.378 e. The van der Waals surface area contributed by atoms with Crippen molar-refractivity contribution in [3.63, 3.8) is 0 Å². The van der Waals surface area contributed by atoms with Crippen molar-refractivity contribution in [2.24, 2.45) is 7.05 Å². The lowest BCUT2D eigenvalue weighted by atomic mass is 10.2. The number of pyridine rings is 1. The topological polar surface area (TPSA) is 59.4 Å². The molecule has 23 heavy (non-hydrogen) atoms. The average Bonchev–Trinajstić information content (AvgIpc) is 2.93. The molecule has 0 unspecified atom stereocenters. The number of aromatic nitrogens is 2. The molecule has 0 aromatic carbocycles. The second-order valence-electron chi connectivity index (χ2n) is 5.69. The van der Waals surface area contributed by atoms with Crippen LogP contribution in [0.25, 0.3) is 0 Å².